The maximum Gasteiger partial charge on any atom is 0.339 e. The Morgan fingerprint density at radius 1 is 1.12 bits per heavy atom. The summed E-state index contributed by atoms with van der Waals surface area (Å²) in [5, 5.41) is 10.7. The number of benzene rings is 2. The highest BCUT2D eigenvalue weighted by atomic mass is 16.5. The topological polar surface area (TPSA) is 55.8 Å². The molecule has 0 fully saturated rings. The molecule has 0 bridgehead atoms. The number of methoxy groups -OCH3 is 2. The maximum atomic E-state index is 11.1. The van der Waals surface area contributed by atoms with E-state index < -0.39 is 5.97 Å². The lowest BCUT2D eigenvalue weighted by atomic mass is 10.0. The zero-order valence-electron chi connectivity index (χ0n) is 9.56. The lowest BCUT2D eigenvalue weighted by Gasteiger charge is -2.09. The first-order chi connectivity index (χ1) is 8.17. The van der Waals surface area contributed by atoms with Gasteiger partial charge in [0, 0.05) is 5.39 Å². The number of carboxylic acid groups (broad SMARTS) is 1. The monoisotopic (exact) mass is 232 g/mol. The summed E-state index contributed by atoms with van der Waals surface area (Å²) in [6, 6.07) is 8.78. The molecule has 0 aromatic heterocycles. The number of carboxylic acids is 1. The smallest absolute Gasteiger partial charge is 0.339 e. The average Bonchev–Trinajstić information content (AvgIpc) is 2.36. The first-order valence-electron chi connectivity index (χ1n) is 5.05. The fourth-order valence-electron chi connectivity index (χ4n) is 1.79. The quantitative estimate of drug-likeness (QED) is 0.883. The summed E-state index contributed by atoms with van der Waals surface area (Å²) in [6.45, 7) is 0. The molecular formula is C13H12O4. The molecule has 4 nitrogen and oxygen atoms in total. The van der Waals surface area contributed by atoms with Gasteiger partial charge >= 0.3 is 5.97 Å². The van der Waals surface area contributed by atoms with Crippen LogP contribution in [0.15, 0.2) is 30.3 Å². The van der Waals surface area contributed by atoms with Crippen molar-refractivity contribution in [3.05, 3.63) is 35.9 Å². The maximum absolute atomic E-state index is 11.1. The minimum absolute atomic E-state index is 0.129. The number of hydrogen-bond donors (Lipinski definition) is 1. The van der Waals surface area contributed by atoms with Gasteiger partial charge in [0.1, 0.15) is 17.1 Å². The van der Waals surface area contributed by atoms with E-state index in [1.165, 1.54) is 7.11 Å². The second-order valence-electron chi connectivity index (χ2n) is 3.54. The van der Waals surface area contributed by atoms with Crippen LogP contribution >= 0.6 is 0 Å². The number of aromatic carboxylic acids is 1. The first kappa shape index (κ1) is 11.3. The summed E-state index contributed by atoms with van der Waals surface area (Å²) in [7, 11) is 3.01. The van der Waals surface area contributed by atoms with E-state index in [4.69, 9.17) is 14.6 Å². The minimum Gasteiger partial charge on any atom is -0.496 e. The highest BCUT2D eigenvalue weighted by Crippen LogP contribution is 2.31. The molecule has 0 saturated heterocycles. The van der Waals surface area contributed by atoms with Gasteiger partial charge in [0.15, 0.2) is 0 Å². The summed E-state index contributed by atoms with van der Waals surface area (Å²) >= 11 is 0. The van der Waals surface area contributed by atoms with Crippen LogP contribution in [0.1, 0.15) is 10.4 Å². The van der Waals surface area contributed by atoms with E-state index in [9.17, 15) is 4.79 Å². The zero-order valence-corrected chi connectivity index (χ0v) is 9.56. The molecule has 2 aromatic rings. The number of carbonyl (C=O) groups is 1. The first-order valence-corrected chi connectivity index (χ1v) is 5.05. The van der Waals surface area contributed by atoms with Crippen molar-refractivity contribution in [3.8, 4) is 11.5 Å². The fraction of sp³-hybridized carbons (Fsp3) is 0.154. The van der Waals surface area contributed by atoms with Gasteiger partial charge in [-0.15, -0.1) is 0 Å². The molecule has 88 valence electrons. The van der Waals surface area contributed by atoms with Gasteiger partial charge in [-0.1, -0.05) is 12.1 Å². The van der Waals surface area contributed by atoms with Crippen LogP contribution in [0.3, 0.4) is 0 Å². The molecule has 1 N–H and O–H groups in total. The Balaban J connectivity index is 2.78. The van der Waals surface area contributed by atoms with E-state index in [1.807, 2.05) is 12.1 Å². The van der Waals surface area contributed by atoms with Crippen LogP contribution in [0, 0.1) is 0 Å². The molecule has 0 saturated carbocycles. The fourth-order valence-corrected chi connectivity index (χ4v) is 1.79. The molecule has 0 aliphatic rings. The number of ether oxygens (including phenoxy) is 2. The summed E-state index contributed by atoms with van der Waals surface area (Å²) in [5.74, 6) is -0.0273. The van der Waals surface area contributed by atoms with Gasteiger partial charge in [-0.05, 0) is 23.6 Å². The van der Waals surface area contributed by atoms with Crippen molar-refractivity contribution < 1.29 is 19.4 Å². The molecule has 0 spiro atoms. The van der Waals surface area contributed by atoms with Crippen LogP contribution in [-0.4, -0.2) is 25.3 Å². The molecule has 0 heterocycles. The normalized spacial score (nSPS) is 10.2. The van der Waals surface area contributed by atoms with Crippen LogP contribution in [0.2, 0.25) is 0 Å². The van der Waals surface area contributed by atoms with Crippen molar-refractivity contribution in [2.45, 2.75) is 0 Å². The van der Waals surface area contributed by atoms with E-state index in [2.05, 4.69) is 0 Å². The molecule has 4 heteroatoms. The molecule has 0 atom stereocenters. The largest absolute Gasteiger partial charge is 0.496 e. The molecule has 0 amide bonds. The third-order valence-corrected chi connectivity index (χ3v) is 2.61. The van der Waals surface area contributed by atoms with Gasteiger partial charge in [0.05, 0.1) is 14.2 Å². The minimum atomic E-state index is -1.02. The second-order valence-corrected chi connectivity index (χ2v) is 3.54. The standard InChI is InChI=1S/C13H12O4/c1-16-11-5-3-4-8-6-12(17-2)10(13(14)15)7-9(8)11/h3-7H,1-2H3,(H,14,15). The molecule has 2 aromatic carbocycles. The van der Waals surface area contributed by atoms with E-state index in [0.29, 0.717) is 11.5 Å². The molecular weight excluding hydrogens is 220 g/mol. The zero-order chi connectivity index (χ0) is 12.4. The van der Waals surface area contributed by atoms with E-state index in [-0.39, 0.29) is 5.56 Å². The molecule has 0 aliphatic heterocycles. The molecule has 0 unspecified atom stereocenters. The number of fused-ring (bicyclic) bond motifs is 1. The molecule has 0 aliphatic carbocycles. The molecule has 0 radical (unpaired) electrons. The summed E-state index contributed by atoms with van der Waals surface area (Å²) in [5.41, 5.74) is 0.129. The molecule has 2 rings (SSSR count). The lowest BCUT2D eigenvalue weighted by molar-refractivity contribution is 0.0693. The van der Waals surface area contributed by atoms with Gasteiger partial charge in [0.2, 0.25) is 0 Å². The predicted molar refractivity (Wildman–Crippen MR) is 64.0 cm³/mol. The van der Waals surface area contributed by atoms with Crippen molar-refractivity contribution in [2.75, 3.05) is 14.2 Å². The van der Waals surface area contributed by atoms with E-state index in [1.54, 1.807) is 25.3 Å². The van der Waals surface area contributed by atoms with Gasteiger partial charge < -0.3 is 14.6 Å². The van der Waals surface area contributed by atoms with Crippen molar-refractivity contribution >= 4 is 16.7 Å². The summed E-state index contributed by atoms with van der Waals surface area (Å²) in [4.78, 5) is 11.1. The SMILES string of the molecule is COc1cc2cccc(OC)c2cc1C(=O)O. The highest BCUT2D eigenvalue weighted by molar-refractivity contribution is 5.99. The summed E-state index contributed by atoms with van der Waals surface area (Å²) < 4.78 is 10.3. The Morgan fingerprint density at radius 3 is 2.41 bits per heavy atom. The van der Waals surface area contributed by atoms with Crippen LogP contribution in [0.25, 0.3) is 10.8 Å². The highest BCUT2D eigenvalue weighted by Gasteiger charge is 2.13. The van der Waals surface area contributed by atoms with Gasteiger partial charge in [-0.25, -0.2) is 4.79 Å². The van der Waals surface area contributed by atoms with E-state index >= 15 is 0 Å². The van der Waals surface area contributed by atoms with Gasteiger partial charge in [-0.2, -0.15) is 0 Å². The van der Waals surface area contributed by atoms with E-state index in [0.717, 1.165) is 10.8 Å². The Hall–Kier alpha value is -2.23. The second kappa shape index (κ2) is 4.33. The van der Waals surface area contributed by atoms with Crippen molar-refractivity contribution in [1.82, 2.24) is 0 Å². The van der Waals surface area contributed by atoms with Crippen LogP contribution in [-0.2, 0) is 0 Å². The predicted octanol–water partition coefficient (Wildman–Crippen LogP) is 2.56. The van der Waals surface area contributed by atoms with Crippen molar-refractivity contribution in [1.29, 1.82) is 0 Å². The van der Waals surface area contributed by atoms with Crippen molar-refractivity contribution in [3.63, 3.8) is 0 Å². The number of hydrogen-bond acceptors (Lipinski definition) is 3. The summed E-state index contributed by atoms with van der Waals surface area (Å²) in [6.07, 6.45) is 0. The van der Waals surface area contributed by atoms with Gasteiger partial charge in [-0.3, -0.25) is 0 Å². The van der Waals surface area contributed by atoms with Gasteiger partial charge in [0.25, 0.3) is 0 Å². The Morgan fingerprint density at radius 2 is 1.82 bits per heavy atom. The van der Waals surface area contributed by atoms with Crippen molar-refractivity contribution in [2.24, 2.45) is 0 Å². The number of rotatable bonds is 3. The Bertz CT molecular complexity index is 575. The van der Waals surface area contributed by atoms with Crippen LogP contribution in [0.4, 0.5) is 0 Å². The average molecular weight is 232 g/mol. The lowest BCUT2D eigenvalue weighted by Crippen LogP contribution is -2.00. The van der Waals surface area contributed by atoms with Crippen LogP contribution in [0.5, 0.6) is 11.5 Å². The Labute approximate surface area is 98.4 Å². The Kier molecular flexibility index (Phi) is 2.87. The third kappa shape index (κ3) is 1.89. The molecule has 17 heavy (non-hydrogen) atoms. The van der Waals surface area contributed by atoms with Crippen LogP contribution < -0.4 is 9.47 Å². The third-order valence-electron chi connectivity index (χ3n) is 2.61.